The van der Waals surface area contributed by atoms with Gasteiger partial charge in [0.2, 0.25) is 0 Å². The fourth-order valence-corrected chi connectivity index (χ4v) is 2.90. The van der Waals surface area contributed by atoms with Gasteiger partial charge in [0.1, 0.15) is 5.54 Å². The second kappa shape index (κ2) is 5.90. The molecule has 1 atom stereocenters. The second-order valence-electron chi connectivity index (χ2n) is 5.92. The molecule has 108 valence electrons. The van der Waals surface area contributed by atoms with E-state index in [1.54, 1.807) is 0 Å². The number of carbonyl (C=O) groups excluding carboxylic acids is 2. The Bertz CT molecular complexity index is 353. The van der Waals surface area contributed by atoms with E-state index in [2.05, 4.69) is 17.1 Å². The number of hydrogen-bond acceptors (Lipinski definition) is 3. The summed E-state index contributed by atoms with van der Waals surface area (Å²) in [7, 11) is 0. The molecule has 1 N–H and O–H groups in total. The van der Waals surface area contributed by atoms with E-state index in [0.29, 0.717) is 6.67 Å². The molecule has 5 nitrogen and oxygen atoms in total. The predicted octanol–water partition coefficient (Wildman–Crippen LogP) is 1.93. The largest absolute Gasteiger partial charge is 0.326 e. The third-order valence-electron chi connectivity index (χ3n) is 4.17. The summed E-state index contributed by atoms with van der Waals surface area (Å²) in [4.78, 5) is 28.0. The van der Waals surface area contributed by atoms with Crippen LogP contribution in [-0.2, 0) is 4.79 Å². The van der Waals surface area contributed by atoms with E-state index < -0.39 is 5.54 Å². The number of urea groups is 1. The Balaban J connectivity index is 1.94. The molecule has 0 spiro atoms. The summed E-state index contributed by atoms with van der Waals surface area (Å²) < 4.78 is 0. The van der Waals surface area contributed by atoms with Crippen molar-refractivity contribution in [1.29, 1.82) is 0 Å². The van der Waals surface area contributed by atoms with Crippen molar-refractivity contribution in [1.82, 2.24) is 15.1 Å². The number of carbonyl (C=O) groups is 2. The Labute approximate surface area is 115 Å². The van der Waals surface area contributed by atoms with Crippen molar-refractivity contribution >= 4 is 11.9 Å². The van der Waals surface area contributed by atoms with E-state index in [-0.39, 0.29) is 11.9 Å². The molecule has 0 aromatic rings. The minimum absolute atomic E-state index is 0.0551. The van der Waals surface area contributed by atoms with Gasteiger partial charge < -0.3 is 5.32 Å². The molecule has 2 rings (SSSR count). The summed E-state index contributed by atoms with van der Waals surface area (Å²) in [5.41, 5.74) is -0.689. The van der Waals surface area contributed by atoms with E-state index >= 15 is 0 Å². The average molecular weight is 267 g/mol. The number of rotatable bonds is 6. The molecule has 0 aromatic carbocycles. The monoisotopic (exact) mass is 267 g/mol. The molecule has 0 aliphatic carbocycles. The lowest BCUT2D eigenvalue weighted by Crippen LogP contribution is -2.45. The van der Waals surface area contributed by atoms with Crippen LogP contribution >= 0.6 is 0 Å². The van der Waals surface area contributed by atoms with Gasteiger partial charge in [-0.3, -0.25) is 9.69 Å². The lowest BCUT2D eigenvalue weighted by molar-refractivity contribution is -0.132. The number of hydrogen-bond donors (Lipinski definition) is 1. The highest BCUT2D eigenvalue weighted by atomic mass is 16.2. The highest BCUT2D eigenvalue weighted by molar-refractivity contribution is 6.06. The molecule has 0 aromatic heterocycles. The Morgan fingerprint density at radius 3 is 2.53 bits per heavy atom. The zero-order chi connectivity index (χ0) is 13.9. The molecule has 2 fully saturated rings. The Kier molecular flexibility index (Phi) is 4.45. The summed E-state index contributed by atoms with van der Waals surface area (Å²) in [6.45, 7) is 6.42. The third-order valence-corrected chi connectivity index (χ3v) is 4.17. The fraction of sp³-hybridized carbons (Fsp3) is 0.857. The molecule has 0 saturated carbocycles. The Morgan fingerprint density at radius 1 is 1.21 bits per heavy atom. The van der Waals surface area contributed by atoms with Crippen LogP contribution in [0.1, 0.15) is 52.4 Å². The predicted molar refractivity (Wildman–Crippen MR) is 73.6 cm³/mol. The van der Waals surface area contributed by atoms with Crippen molar-refractivity contribution in [3.05, 3.63) is 0 Å². The van der Waals surface area contributed by atoms with Gasteiger partial charge in [0, 0.05) is 0 Å². The second-order valence-corrected chi connectivity index (χ2v) is 5.92. The number of likely N-dealkylation sites (tertiary alicyclic amines) is 1. The zero-order valence-corrected chi connectivity index (χ0v) is 12.1. The molecule has 0 radical (unpaired) electrons. The van der Waals surface area contributed by atoms with E-state index in [1.807, 2.05) is 6.92 Å². The smallest absolute Gasteiger partial charge is 0.323 e. The molecule has 1 unspecified atom stereocenters. The van der Waals surface area contributed by atoms with Crippen molar-refractivity contribution in [3.63, 3.8) is 0 Å². The normalized spacial score (nSPS) is 28.2. The molecular weight excluding hydrogens is 242 g/mol. The van der Waals surface area contributed by atoms with Gasteiger partial charge in [-0.2, -0.15) is 0 Å². The van der Waals surface area contributed by atoms with Gasteiger partial charge in [-0.25, -0.2) is 9.69 Å². The Hall–Kier alpha value is -1.10. The van der Waals surface area contributed by atoms with Gasteiger partial charge in [-0.1, -0.05) is 26.2 Å². The fourth-order valence-electron chi connectivity index (χ4n) is 2.90. The number of nitrogens with zero attached hydrogens (tertiary/aromatic N) is 2. The first-order chi connectivity index (χ1) is 9.07. The van der Waals surface area contributed by atoms with E-state index in [0.717, 1.165) is 51.6 Å². The molecule has 5 heteroatoms. The minimum atomic E-state index is -0.689. The molecular formula is C14H25N3O2. The van der Waals surface area contributed by atoms with Gasteiger partial charge >= 0.3 is 6.03 Å². The van der Waals surface area contributed by atoms with Crippen LogP contribution < -0.4 is 5.32 Å². The molecule has 2 heterocycles. The first kappa shape index (κ1) is 14.3. The molecule has 2 saturated heterocycles. The van der Waals surface area contributed by atoms with E-state index in [9.17, 15) is 9.59 Å². The van der Waals surface area contributed by atoms with Crippen molar-refractivity contribution in [2.75, 3.05) is 19.8 Å². The summed E-state index contributed by atoms with van der Waals surface area (Å²) in [6, 6.07) is -0.226. The highest BCUT2D eigenvalue weighted by Crippen LogP contribution is 2.24. The Morgan fingerprint density at radius 2 is 1.89 bits per heavy atom. The van der Waals surface area contributed by atoms with Crippen molar-refractivity contribution in [3.8, 4) is 0 Å². The van der Waals surface area contributed by atoms with Crippen molar-refractivity contribution in [2.45, 2.75) is 57.9 Å². The standard InChI is InChI=1S/C14H25N3O2/c1-3-4-5-8-14(2)12(18)17(13(19)15-14)11-16-9-6-7-10-16/h3-11H2,1-2H3,(H,15,19). The average Bonchev–Trinajstić information content (AvgIpc) is 2.94. The number of nitrogens with one attached hydrogen (secondary N) is 1. The SMILES string of the molecule is CCCCCC1(C)NC(=O)N(CN2CCCC2)C1=O. The number of amides is 3. The van der Waals surface area contributed by atoms with Gasteiger partial charge in [0.15, 0.2) is 0 Å². The van der Waals surface area contributed by atoms with Crippen LogP contribution in [0.3, 0.4) is 0 Å². The van der Waals surface area contributed by atoms with Gasteiger partial charge in [0.05, 0.1) is 6.67 Å². The first-order valence-electron chi connectivity index (χ1n) is 7.43. The lowest BCUT2D eigenvalue weighted by Gasteiger charge is -2.24. The molecule has 2 aliphatic rings. The molecule has 2 aliphatic heterocycles. The quantitative estimate of drug-likeness (QED) is 0.591. The first-order valence-corrected chi connectivity index (χ1v) is 7.43. The van der Waals surface area contributed by atoms with Crippen molar-refractivity contribution < 1.29 is 9.59 Å². The van der Waals surface area contributed by atoms with Crippen LogP contribution in [0.5, 0.6) is 0 Å². The molecule has 3 amide bonds. The maximum Gasteiger partial charge on any atom is 0.326 e. The summed E-state index contributed by atoms with van der Waals surface area (Å²) in [5.74, 6) is -0.0551. The zero-order valence-electron chi connectivity index (χ0n) is 12.1. The van der Waals surface area contributed by atoms with Crippen LogP contribution in [0.15, 0.2) is 0 Å². The summed E-state index contributed by atoms with van der Waals surface area (Å²) >= 11 is 0. The van der Waals surface area contributed by atoms with Crippen LogP contribution in [-0.4, -0.2) is 47.0 Å². The molecule has 19 heavy (non-hydrogen) atoms. The van der Waals surface area contributed by atoms with Crippen LogP contribution in [0, 0.1) is 0 Å². The van der Waals surface area contributed by atoms with Crippen LogP contribution in [0.2, 0.25) is 0 Å². The number of imide groups is 1. The minimum Gasteiger partial charge on any atom is -0.323 e. The lowest BCUT2D eigenvalue weighted by atomic mass is 9.94. The molecule has 0 bridgehead atoms. The van der Waals surface area contributed by atoms with E-state index in [4.69, 9.17) is 0 Å². The highest BCUT2D eigenvalue weighted by Gasteiger charge is 2.47. The topological polar surface area (TPSA) is 52.7 Å². The van der Waals surface area contributed by atoms with Crippen molar-refractivity contribution in [2.24, 2.45) is 0 Å². The van der Waals surface area contributed by atoms with Gasteiger partial charge in [0.25, 0.3) is 5.91 Å². The van der Waals surface area contributed by atoms with Gasteiger partial charge in [-0.05, 0) is 39.3 Å². The van der Waals surface area contributed by atoms with Gasteiger partial charge in [-0.15, -0.1) is 0 Å². The maximum atomic E-state index is 12.4. The summed E-state index contributed by atoms with van der Waals surface area (Å²) in [6.07, 6.45) is 6.27. The van der Waals surface area contributed by atoms with E-state index in [1.165, 1.54) is 4.90 Å². The van der Waals surface area contributed by atoms with Crippen LogP contribution in [0.25, 0.3) is 0 Å². The summed E-state index contributed by atoms with van der Waals surface area (Å²) in [5, 5.41) is 2.87. The number of unbranched alkanes of at least 4 members (excludes halogenated alkanes) is 2. The third kappa shape index (κ3) is 3.08. The maximum absolute atomic E-state index is 12.4. The van der Waals surface area contributed by atoms with Crippen LogP contribution in [0.4, 0.5) is 4.79 Å².